The van der Waals surface area contributed by atoms with Gasteiger partial charge in [-0.2, -0.15) is 0 Å². The standard InChI is InChI=1S/C11H22N2O2/c1-8(10-4-6-15-7-5-10)13-9(2)11(14)12-3/h8-10,13H,4-7H2,1-3H3,(H,12,14). The Hall–Kier alpha value is -0.610. The molecule has 1 aliphatic rings. The van der Waals surface area contributed by atoms with E-state index >= 15 is 0 Å². The summed E-state index contributed by atoms with van der Waals surface area (Å²) >= 11 is 0. The van der Waals surface area contributed by atoms with Crippen LogP contribution in [-0.2, 0) is 9.53 Å². The molecule has 4 heteroatoms. The molecule has 0 aromatic rings. The number of rotatable bonds is 4. The average molecular weight is 214 g/mol. The van der Waals surface area contributed by atoms with Gasteiger partial charge in [-0.3, -0.25) is 4.79 Å². The zero-order chi connectivity index (χ0) is 11.3. The van der Waals surface area contributed by atoms with Crippen LogP contribution in [0.4, 0.5) is 0 Å². The minimum absolute atomic E-state index is 0.0499. The molecular weight excluding hydrogens is 192 g/mol. The van der Waals surface area contributed by atoms with E-state index in [1.54, 1.807) is 7.05 Å². The Bertz CT molecular complexity index is 203. The Morgan fingerprint density at radius 1 is 1.33 bits per heavy atom. The summed E-state index contributed by atoms with van der Waals surface area (Å²) in [5, 5.41) is 5.98. The van der Waals surface area contributed by atoms with Gasteiger partial charge in [0.2, 0.25) is 5.91 Å². The fourth-order valence-corrected chi connectivity index (χ4v) is 2.04. The van der Waals surface area contributed by atoms with Crippen molar-refractivity contribution in [2.75, 3.05) is 20.3 Å². The zero-order valence-electron chi connectivity index (χ0n) is 9.88. The summed E-state index contributed by atoms with van der Waals surface area (Å²) in [6.07, 6.45) is 2.18. The average Bonchev–Trinajstić information content (AvgIpc) is 2.29. The second-order valence-corrected chi connectivity index (χ2v) is 4.24. The number of likely N-dealkylation sites (N-methyl/N-ethyl adjacent to an activating group) is 1. The van der Waals surface area contributed by atoms with E-state index in [2.05, 4.69) is 17.6 Å². The van der Waals surface area contributed by atoms with Crippen molar-refractivity contribution < 1.29 is 9.53 Å². The lowest BCUT2D eigenvalue weighted by molar-refractivity contribution is -0.122. The summed E-state index contributed by atoms with van der Waals surface area (Å²) in [5.41, 5.74) is 0. The Balaban J connectivity index is 2.33. The predicted molar refractivity (Wildman–Crippen MR) is 59.7 cm³/mol. The molecule has 1 fully saturated rings. The van der Waals surface area contributed by atoms with E-state index in [1.165, 1.54) is 0 Å². The molecule has 1 saturated heterocycles. The monoisotopic (exact) mass is 214 g/mol. The fourth-order valence-electron chi connectivity index (χ4n) is 2.04. The molecule has 0 aliphatic carbocycles. The Labute approximate surface area is 91.8 Å². The molecule has 0 saturated carbocycles. The first-order valence-electron chi connectivity index (χ1n) is 5.70. The highest BCUT2D eigenvalue weighted by atomic mass is 16.5. The van der Waals surface area contributed by atoms with Crippen LogP contribution in [0, 0.1) is 5.92 Å². The van der Waals surface area contributed by atoms with E-state index in [9.17, 15) is 4.79 Å². The number of amides is 1. The quantitative estimate of drug-likeness (QED) is 0.717. The molecule has 0 bridgehead atoms. The van der Waals surface area contributed by atoms with Gasteiger partial charge in [-0.1, -0.05) is 0 Å². The summed E-state index contributed by atoms with van der Waals surface area (Å²) in [4.78, 5) is 11.3. The third kappa shape index (κ3) is 3.80. The molecule has 2 N–H and O–H groups in total. The summed E-state index contributed by atoms with van der Waals surface area (Å²) in [7, 11) is 1.67. The maximum absolute atomic E-state index is 11.3. The third-order valence-corrected chi connectivity index (χ3v) is 3.13. The molecule has 4 nitrogen and oxygen atoms in total. The molecule has 1 amide bonds. The van der Waals surface area contributed by atoms with Crippen molar-refractivity contribution in [1.82, 2.24) is 10.6 Å². The first-order valence-corrected chi connectivity index (χ1v) is 5.70. The van der Waals surface area contributed by atoms with Gasteiger partial charge < -0.3 is 15.4 Å². The molecule has 0 aromatic carbocycles. The highest BCUT2D eigenvalue weighted by Gasteiger charge is 2.23. The molecule has 2 atom stereocenters. The molecule has 1 heterocycles. The molecule has 0 spiro atoms. The van der Waals surface area contributed by atoms with Crippen LogP contribution in [0.5, 0.6) is 0 Å². The normalized spacial score (nSPS) is 22.1. The fraction of sp³-hybridized carbons (Fsp3) is 0.909. The molecule has 88 valence electrons. The molecular formula is C11H22N2O2. The molecule has 0 radical (unpaired) electrons. The summed E-state index contributed by atoms with van der Waals surface area (Å²) in [5.74, 6) is 0.680. The van der Waals surface area contributed by atoms with Gasteiger partial charge in [0.1, 0.15) is 0 Å². The van der Waals surface area contributed by atoms with Crippen molar-refractivity contribution in [2.24, 2.45) is 5.92 Å². The molecule has 15 heavy (non-hydrogen) atoms. The van der Waals surface area contributed by atoms with Gasteiger partial charge >= 0.3 is 0 Å². The van der Waals surface area contributed by atoms with Crippen molar-refractivity contribution in [3.8, 4) is 0 Å². The molecule has 0 aromatic heterocycles. The lowest BCUT2D eigenvalue weighted by atomic mass is 9.92. The Morgan fingerprint density at radius 2 is 1.93 bits per heavy atom. The number of nitrogens with one attached hydrogen (secondary N) is 2. The van der Waals surface area contributed by atoms with Crippen LogP contribution in [-0.4, -0.2) is 38.3 Å². The van der Waals surface area contributed by atoms with Gasteiger partial charge in [-0.15, -0.1) is 0 Å². The summed E-state index contributed by atoms with van der Waals surface area (Å²) in [6, 6.07) is 0.258. The van der Waals surface area contributed by atoms with E-state index < -0.39 is 0 Å². The number of carbonyl (C=O) groups excluding carboxylic acids is 1. The second kappa shape index (κ2) is 6.08. The number of carbonyl (C=O) groups is 1. The largest absolute Gasteiger partial charge is 0.381 e. The third-order valence-electron chi connectivity index (χ3n) is 3.13. The Kier molecular flexibility index (Phi) is 5.05. The van der Waals surface area contributed by atoms with Crippen LogP contribution in [0.2, 0.25) is 0 Å². The summed E-state index contributed by atoms with van der Waals surface area (Å²) < 4.78 is 5.32. The van der Waals surface area contributed by atoms with Gasteiger partial charge in [-0.25, -0.2) is 0 Å². The van der Waals surface area contributed by atoms with Crippen LogP contribution >= 0.6 is 0 Å². The van der Waals surface area contributed by atoms with Crippen LogP contribution < -0.4 is 10.6 Å². The van der Waals surface area contributed by atoms with Gasteiger partial charge in [0, 0.05) is 26.3 Å². The second-order valence-electron chi connectivity index (χ2n) is 4.24. The van der Waals surface area contributed by atoms with Crippen molar-refractivity contribution in [3.05, 3.63) is 0 Å². The maximum atomic E-state index is 11.3. The van der Waals surface area contributed by atoms with Gasteiger partial charge in [0.05, 0.1) is 6.04 Å². The van der Waals surface area contributed by atoms with Crippen LogP contribution in [0.25, 0.3) is 0 Å². The van der Waals surface area contributed by atoms with Crippen molar-refractivity contribution >= 4 is 5.91 Å². The number of hydrogen-bond donors (Lipinski definition) is 2. The topological polar surface area (TPSA) is 50.4 Å². The van der Waals surface area contributed by atoms with E-state index in [0.29, 0.717) is 12.0 Å². The smallest absolute Gasteiger partial charge is 0.236 e. The lowest BCUT2D eigenvalue weighted by Crippen LogP contribution is -2.48. The van der Waals surface area contributed by atoms with E-state index in [1.807, 2.05) is 6.92 Å². The van der Waals surface area contributed by atoms with E-state index in [4.69, 9.17) is 4.74 Å². The van der Waals surface area contributed by atoms with E-state index in [0.717, 1.165) is 26.1 Å². The summed E-state index contributed by atoms with van der Waals surface area (Å²) in [6.45, 7) is 5.75. The van der Waals surface area contributed by atoms with Gasteiger partial charge in [0.15, 0.2) is 0 Å². The van der Waals surface area contributed by atoms with Crippen molar-refractivity contribution in [3.63, 3.8) is 0 Å². The van der Waals surface area contributed by atoms with Gasteiger partial charge in [-0.05, 0) is 32.6 Å². The van der Waals surface area contributed by atoms with Crippen LogP contribution in [0.3, 0.4) is 0 Å². The maximum Gasteiger partial charge on any atom is 0.236 e. The minimum atomic E-state index is -0.118. The van der Waals surface area contributed by atoms with Gasteiger partial charge in [0.25, 0.3) is 0 Å². The van der Waals surface area contributed by atoms with Crippen LogP contribution in [0.1, 0.15) is 26.7 Å². The van der Waals surface area contributed by atoms with Crippen LogP contribution in [0.15, 0.2) is 0 Å². The predicted octanol–water partition coefficient (Wildman–Crippen LogP) is 0.526. The first kappa shape index (κ1) is 12.5. The minimum Gasteiger partial charge on any atom is -0.381 e. The zero-order valence-corrected chi connectivity index (χ0v) is 9.88. The highest BCUT2D eigenvalue weighted by molar-refractivity contribution is 5.80. The first-order chi connectivity index (χ1) is 7.15. The van der Waals surface area contributed by atoms with Crippen molar-refractivity contribution in [1.29, 1.82) is 0 Å². The SMILES string of the molecule is CNC(=O)C(C)NC(C)C1CCOCC1. The molecule has 1 rings (SSSR count). The number of hydrogen-bond acceptors (Lipinski definition) is 3. The van der Waals surface area contributed by atoms with Crippen molar-refractivity contribution in [2.45, 2.75) is 38.8 Å². The Morgan fingerprint density at radius 3 is 2.47 bits per heavy atom. The molecule has 1 aliphatic heterocycles. The lowest BCUT2D eigenvalue weighted by Gasteiger charge is -2.30. The molecule has 2 unspecified atom stereocenters. The highest BCUT2D eigenvalue weighted by Crippen LogP contribution is 2.18. The number of ether oxygens (including phenoxy) is 1. The van der Waals surface area contributed by atoms with E-state index in [-0.39, 0.29) is 11.9 Å².